The van der Waals surface area contributed by atoms with Crippen LogP contribution < -0.4 is 0 Å². The van der Waals surface area contributed by atoms with Crippen LogP contribution in [0.5, 0.6) is 0 Å². The van der Waals surface area contributed by atoms with E-state index in [-0.39, 0.29) is 16.0 Å². The normalized spacial score (nSPS) is 9.94. The van der Waals surface area contributed by atoms with Gasteiger partial charge in [0.25, 0.3) is 10.1 Å². The van der Waals surface area contributed by atoms with E-state index in [4.69, 9.17) is 15.1 Å². The lowest BCUT2D eigenvalue weighted by atomic mass is 10.1. The summed E-state index contributed by atoms with van der Waals surface area (Å²) in [6, 6.07) is 8.74. The summed E-state index contributed by atoms with van der Waals surface area (Å²) in [5.41, 5.74) is -0.140. The summed E-state index contributed by atoms with van der Waals surface area (Å²) in [7, 11) is -4.36. The lowest BCUT2D eigenvalue weighted by Gasteiger charge is -2.01. The third-order valence-electron chi connectivity index (χ3n) is 1.74. The van der Waals surface area contributed by atoms with Crippen molar-refractivity contribution >= 4 is 16.2 Å². The molecule has 0 fully saturated rings. The molecule has 0 heterocycles. The number of nitrogens with zero attached hydrogens (tertiary/aromatic N) is 2. The van der Waals surface area contributed by atoms with Crippen LogP contribution in [0.2, 0.25) is 0 Å². The minimum Gasteiger partial charge on any atom is -0.282 e. The molecule has 0 amide bonds. The highest BCUT2D eigenvalue weighted by molar-refractivity contribution is 7.85. The van der Waals surface area contributed by atoms with Gasteiger partial charge >= 0.3 is 0 Å². The first kappa shape index (κ1) is 11.9. The van der Waals surface area contributed by atoms with Crippen molar-refractivity contribution in [3.05, 3.63) is 35.4 Å². The fourth-order valence-electron chi connectivity index (χ4n) is 1.08. The molecule has 0 unspecified atom stereocenters. The predicted octanol–water partition coefficient (Wildman–Crippen LogP) is 1.36. The number of hydrogen-bond acceptors (Lipinski definition) is 4. The average Bonchev–Trinajstić information content (AvgIpc) is 2.25. The zero-order valence-electron chi connectivity index (χ0n) is 7.95. The Morgan fingerprint density at radius 2 is 1.81 bits per heavy atom. The van der Waals surface area contributed by atoms with Gasteiger partial charge in [0.05, 0.1) is 0 Å². The summed E-state index contributed by atoms with van der Waals surface area (Å²) in [6.07, 6.45) is 1.10. The first-order chi connectivity index (χ1) is 7.49. The summed E-state index contributed by atoms with van der Waals surface area (Å²) in [4.78, 5) is -0.335. The van der Waals surface area contributed by atoms with Crippen molar-refractivity contribution in [2.75, 3.05) is 0 Å². The predicted molar refractivity (Wildman–Crippen MR) is 55.5 cm³/mol. The van der Waals surface area contributed by atoms with Crippen LogP contribution in [0, 0.1) is 22.7 Å². The van der Waals surface area contributed by atoms with Crippen molar-refractivity contribution in [1.82, 2.24) is 0 Å². The molecule has 0 saturated heterocycles. The van der Waals surface area contributed by atoms with Crippen molar-refractivity contribution in [2.45, 2.75) is 4.90 Å². The quantitative estimate of drug-likeness (QED) is 0.614. The van der Waals surface area contributed by atoms with E-state index in [0.717, 1.165) is 6.08 Å². The van der Waals surface area contributed by atoms with Crippen LogP contribution in [0.15, 0.2) is 34.7 Å². The second-order valence-electron chi connectivity index (χ2n) is 2.79. The van der Waals surface area contributed by atoms with Crippen LogP contribution in [-0.2, 0) is 10.1 Å². The second-order valence-corrected chi connectivity index (χ2v) is 4.18. The molecule has 1 rings (SSSR count). The van der Waals surface area contributed by atoms with Crippen LogP contribution in [0.3, 0.4) is 0 Å². The van der Waals surface area contributed by atoms with Gasteiger partial charge in [-0.15, -0.1) is 0 Å². The van der Waals surface area contributed by atoms with Crippen LogP contribution in [0.1, 0.15) is 5.56 Å². The smallest absolute Gasteiger partial charge is 0.282 e. The molecule has 1 N–H and O–H groups in total. The maximum Gasteiger partial charge on any atom is 0.295 e. The van der Waals surface area contributed by atoms with E-state index in [0.29, 0.717) is 0 Å². The number of rotatable bonds is 2. The first-order valence-corrected chi connectivity index (χ1v) is 5.51. The Kier molecular flexibility index (Phi) is 3.41. The van der Waals surface area contributed by atoms with E-state index >= 15 is 0 Å². The van der Waals surface area contributed by atoms with Gasteiger partial charge in [-0.05, 0) is 17.7 Å². The van der Waals surface area contributed by atoms with Crippen LogP contribution >= 0.6 is 0 Å². The Labute approximate surface area is 92.6 Å². The lowest BCUT2D eigenvalue weighted by Crippen LogP contribution is -2.00. The lowest BCUT2D eigenvalue weighted by molar-refractivity contribution is 0.483. The Hall–Kier alpha value is -2.15. The highest BCUT2D eigenvalue weighted by Gasteiger charge is 2.13. The van der Waals surface area contributed by atoms with E-state index in [1.54, 1.807) is 12.1 Å². The molecule has 0 bridgehead atoms. The zero-order valence-corrected chi connectivity index (χ0v) is 8.77. The molecule has 6 heteroatoms. The van der Waals surface area contributed by atoms with Crippen molar-refractivity contribution < 1.29 is 13.0 Å². The van der Waals surface area contributed by atoms with Gasteiger partial charge in [-0.3, -0.25) is 4.55 Å². The van der Waals surface area contributed by atoms with Gasteiger partial charge in [-0.25, -0.2) is 0 Å². The van der Waals surface area contributed by atoms with Gasteiger partial charge in [0.15, 0.2) is 0 Å². The molecule has 0 radical (unpaired) electrons. The van der Waals surface area contributed by atoms with Gasteiger partial charge < -0.3 is 0 Å². The van der Waals surface area contributed by atoms with E-state index in [9.17, 15) is 8.42 Å². The molecule has 5 nitrogen and oxygen atoms in total. The fraction of sp³-hybridized carbons (Fsp3) is 0. The minimum atomic E-state index is -4.36. The summed E-state index contributed by atoms with van der Waals surface area (Å²) in [6.45, 7) is 0. The van der Waals surface area contributed by atoms with E-state index in [1.165, 1.54) is 24.3 Å². The number of benzene rings is 1. The Morgan fingerprint density at radius 1 is 1.25 bits per heavy atom. The highest BCUT2D eigenvalue weighted by atomic mass is 32.2. The SMILES string of the molecule is N#CC(C#N)=Cc1ccccc1S(=O)(=O)O. The second kappa shape index (κ2) is 4.58. The summed E-state index contributed by atoms with van der Waals surface area (Å²) >= 11 is 0. The molecule has 80 valence electrons. The van der Waals surface area contributed by atoms with Gasteiger partial charge in [-0.1, -0.05) is 18.2 Å². The Balaban J connectivity index is 3.45. The zero-order chi connectivity index (χ0) is 12.2. The van der Waals surface area contributed by atoms with Crippen LogP contribution in [0.4, 0.5) is 0 Å². The standard InChI is InChI=1S/C10H6N2O3S/c11-6-8(7-12)5-9-3-1-2-4-10(9)16(13,14)15/h1-5H,(H,13,14,15). The third-order valence-corrected chi connectivity index (χ3v) is 2.67. The number of nitriles is 2. The molecule has 0 spiro atoms. The molecule has 1 aromatic carbocycles. The van der Waals surface area contributed by atoms with E-state index < -0.39 is 10.1 Å². The van der Waals surface area contributed by atoms with Crippen molar-refractivity contribution in [2.24, 2.45) is 0 Å². The molecular formula is C10H6N2O3S. The van der Waals surface area contributed by atoms with Gasteiger partial charge in [0.2, 0.25) is 0 Å². The minimum absolute atomic E-state index is 0.100. The Morgan fingerprint density at radius 3 is 2.31 bits per heavy atom. The Bertz CT molecular complexity index is 602. The summed E-state index contributed by atoms with van der Waals surface area (Å²) in [5, 5.41) is 17.1. The number of hydrogen-bond donors (Lipinski definition) is 1. The molecule has 0 aliphatic heterocycles. The molecule has 0 aliphatic carbocycles. The molecule has 0 aliphatic rings. The van der Waals surface area contributed by atoms with Crippen molar-refractivity contribution in [1.29, 1.82) is 10.5 Å². The fourth-order valence-corrected chi connectivity index (χ4v) is 1.76. The molecule has 0 aromatic heterocycles. The van der Waals surface area contributed by atoms with Gasteiger partial charge in [0, 0.05) is 0 Å². The van der Waals surface area contributed by atoms with Crippen LogP contribution in [0.25, 0.3) is 6.08 Å². The monoisotopic (exact) mass is 234 g/mol. The highest BCUT2D eigenvalue weighted by Crippen LogP contribution is 2.17. The topological polar surface area (TPSA) is 102 Å². The summed E-state index contributed by atoms with van der Waals surface area (Å²) in [5.74, 6) is 0. The maximum absolute atomic E-state index is 11.0. The van der Waals surface area contributed by atoms with Crippen molar-refractivity contribution in [3.8, 4) is 12.1 Å². The third kappa shape index (κ3) is 2.67. The average molecular weight is 234 g/mol. The summed E-state index contributed by atoms with van der Waals surface area (Å²) < 4.78 is 30.8. The molecule has 0 atom stereocenters. The van der Waals surface area contributed by atoms with E-state index in [1.807, 2.05) is 0 Å². The maximum atomic E-state index is 11.0. The molecule has 0 saturated carbocycles. The molecule has 16 heavy (non-hydrogen) atoms. The largest absolute Gasteiger partial charge is 0.295 e. The molecule has 1 aromatic rings. The van der Waals surface area contributed by atoms with Gasteiger partial charge in [-0.2, -0.15) is 18.9 Å². The van der Waals surface area contributed by atoms with Crippen molar-refractivity contribution in [3.63, 3.8) is 0 Å². The van der Waals surface area contributed by atoms with Gasteiger partial charge in [0.1, 0.15) is 22.6 Å². The molecular weight excluding hydrogens is 228 g/mol. The van der Waals surface area contributed by atoms with E-state index in [2.05, 4.69) is 0 Å². The number of allylic oxidation sites excluding steroid dienone is 1. The first-order valence-electron chi connectivity index (χ1n) is 4.07. The van der Waals surface area contributed by atoms with Crippen LogP contribution in [-0.4, -0.2) is 13.0 Å².